The summed E-state index contributed by atoms with van der Waals surface area (Å²) in [5.41, 5.74) is 3.86. The third-order valence-corrected chi connectivity index (χ3v) is 4.05. The molecule has 3 rings (SSSR count). The molecular weight excluding hydrogens is 290 g/mol. The van der Waals surface area contributed by atoms with E-state index in [1.165, 1.54) is 24.5 Å². The van der Waals surface area contributed by atoms with Gasteiger partial charge in [-0.25, -0.2) is 0 Å². The molecule has 1 aromatic heterocycles. The number of rotatable bonds is 6. The van der Waals surface area contributed by atoms with E-state index in [1.54, 1.807) is 18.4 Å². The van der Waals surface area contributed by atoms with Gasteiger partial charge < -0.3 is 4.42 Å². The van der Waals surface area contributed by atoms with Crippen molar-refractivity contribution >= 4 is 16.7 Å². The maximum Gasteiger partial charge on any atom is 0.270 e. The number of benzene rings is 2. The van der Waals surface area contributed by atoms with Crippen molar-refractivity contribution in [2.45, 2.75) is 32.6 Å². The number of non-ortho nitro benzene ring substituents is 1. The van der Waals surface area contributed by atoms with Gasteiger partial charge in [0.2, 0.25) is 0 Å². The summed E-state index contributed by atoms with van der Waals surface area (Å²) in [7, 11) is 0. The number of hydrogen-bond donors (Lipinski definition) is 0. The Morgan fingerprint density at radius 3 is 2.78 bits per heavy atom. The lowest BCUT2D eigenvalue weighted by atomic mass is 9.97. The molecule has 0 aliphatic rings. The third kappa shape index (κ3) is 3.26. The zero-order valence-corrected chi connectivity index (χ0v) is 13.1. The summed E-state index contributed by atoms with van der Waals surface area (Å²) in [6.07, 6.45) is 6.22. The minimum absolute atomic E-state index is 0.0959. The molecule has 0 saturated carbocycles. The van der Waals surface area contributed by atoms with Gasteiger partial charge >= 0.3 is 0 Å². The van der Waals surface area contributed by atoms with Crippen molar-refractivity contribution < 1.29 is 9.34 Å². The third-order valence-electron chi connectivity index (χ3n) is 4.05. The summed E-state index contributed by atoms with van der Waals surface area (Å²) >= 11 is 0. The van der Waals surface area contributed by atoms with E-state index in [9.17, 15) is 10.1 Å². The van der Waals surface area contributed by atoms with Crippen LogP contribution in [0.4, 0.5) is 5.69 Å². The molecule has 23 heavy (non-hydrogen) atoms. The topological polar surface area (TPSA) is 56.3 Å². The van der Waals surface area contributed by atoms with Crippen molar-refractivity contribution in [2.24, 2.45) is 0 Å². The quantitative estimate of drug-likeness (QED) is 0.331. The number of aryl methyl sites for hydroxylation is 1. The predicted molar refractivity (Wildman–Crippen MR) is 91.5 cm³/mol. The van der Waals surface area contributed by atoms with Crippen LogP contribution in [0.1, 0.15) is 31.7 Å². The monoisotopic (exact) mass is 309 g/mol. The normalized spacial score (nSPS) is 11.0. The maximum atomic E-state index is 11.0. The van der Waals surface area contributed by atoms with Gasteiger partial charge in [0.1, 0.15) is 5.58 Å². The minimum Gasteiger partial charge on any atom is -0.464 e. The zero-order valence-electron chi connectivity index (χ0n) is 13.1. The Morgan fingerprint density at radius 1 is 1.13 bits per heavy atom. The Kier molecular flexibility index (Phi) is 4.42. The average Bonchev–Trinajstić information content (AvgIpc) is 3.03. The van der Waals surface area contributed by atoms with E-state index in [-0.39, 0.29) is 10.6 Å². The van der Waals surface area contributed by atoms with Gasteiger partial charge in [-0.15, -0.1) is 0 Å². The van der Waals surface area contributed by atoms with Crippen molar-refractivity contribution in [2.75, 3.05) is 0 Å². The van der Waals surface area contributed by atoms with Gasteiger partial charge in [-0.2, -0.15) is 0 Å². The van der Waals surface area contributed by atoms with Crippen LogP contribution in [-0.2, 0) is 6.42 Å². The van der Waals surface area contributed by atoms with Crippen LogP contribution in [0.25, 0.3) is 22.1 Å². The SMILES string of the molecule is CCCCCc1cc(-c2cccc([N+](=O)[O-])c2)c2occc2c1. The molecule has 0 radical (unpaired) electrons. The molecule has 0 unspecified atom stereocenters. The second-order valence-corrected chi connectivity index (χ2v) is 5.75. The number of nitro benzene ring substituents is 1. The van der Waals surface area contributed by atoms with Crippen LogP contribution in [0.2, 0.25) is 0 Å². The van der Waals surface area contributed by atoms with Gasteiger partial charge in [0.15, 0.2) is 0 Å². The number of nitro groups is 1. The van der Waals surface area contributed by atoms with Crippen molar-refractivity contribution in [1.29, 1.82) is 0 Å². The van der Waals surface area contributed by atoms with Gasteiger partial charge in [-0.05, 0) is 42.2 Å². The smallest absolute Gasteiger partial charge is 0.270 e. The lowest BCUT2D eigenvalue weighted by Gasteiger charge is -2.07. The van der Waals surface area contributed by atoms with E-state index in [1.807, 2.05) is 12.1 Å². The number of nitrogens with zero attached hydrogens (tertiary/aromatic N) is 1. The molecule has 2 aromatic carbocycles. The Balaban J connectivity index is 2.06. The summed E-state index contributed by atoms with van der Waals surface area (Å²) in [5, 5.41) is 12.1. The molecular formula is C19H19NO3. The highest BCUT2D eigenvalue weighted by molar-refractivity contribution is 5.93. The molecule has 0 aliphatic heterocycles. The highest BCUT2D eigenvalue weighted by atomic mass is 16.6. The van der Waals surface area contributed by atoms with Gasteiger partial charge in [0.25, 0.3) is 5.69 Å². The number of unbranched alkanes of at least 4 members (excludes halogenated alkanes) is 2. The fourth-order valence-electron chi connectivity index (χ4n) is 2.87. The maximum absolute atomic E-state index is 11.0. The van der Waals surface area contributed by atoms with Gasteiger partial charge in [0.05, 0.1) is 11.2 Å². The molecule has 0 fully saturated rings. The van der Waals surface area contributed by atoms with Crippen LogP contribution in [-0.4, -0.2) is 4.92 Å². The van der Waals surface area contributed by atoms with Crippen LogP contribution in [0.3, 0.4) is 0 Å². The highest BCUT2D eigenvalue weighted by Gasteiger charge is 2.13. The van der Waals surface area contributed by atoms with Crippen LogP contribution >= 0.6 is 0 Å². The first-order valence-electron chi connectivity index (χ1n) is 7.94. The van der Waals surface area contributed by atoms with Crippen LogP contribution in [0, 0.1) is 10.1 Å². The van der Waals surface area contributed by atoms with Gasteiger partial charge in [0, 0.05) is 23.1 Å². The average molecular weight is 309 g/mol. The predicted octanol–water partition coefficient (Wildman–Crippen LogP) is 5.74. The zero-order chi connectivity index (χ0) is 16.2. The molecule has 3 aromatic rings. The molecule has 4 nitrogen and oxygen atoms in total. The van der Waals surface area contributed by atoms with Crippen LogP contribution in [0.5, 0.6) is 0 Å². The number of hydrogen-bond acceptors (Lipinski definition) is 3. The fraction of sp³-hybridized carbons (Fsp3) is 0.263. The Morgan fingerprint density at radius 2 is 2.00 bits per heavy atom. The second-order valence-electron chi connectivity index (χ2n) is 5.75. The Labute approximate surface area is 134 Å². The van der Waals surface area contributed by atoms with Crippen LogP contribution in [0.15, 0.2) is 53.1 Å². The second kappa shape index (κ2) is 6.65. The molecule has 118 valence electrons. The molecule has 0 aliphatic carbocycles. The van der Waals surface area contributed by atoms with Crippen LogP contribution < -0.4 is 0 Å². The minimum atomic E-state index is -0.367. The first kappa shape index (κ1) is 15.3. The summed E-state index contributed by atoms with van der Waals surface area (Å²) in [6.45, 7) is 2.19. The van der Waals surface area contributed by atoms with E-state index in [4.69, 9.17) is 4.42 Å². The van der Waals surface area contributed by atoms with Crippen molar-refractivity contribution in [3.8, 4) is 11.1 Å². The van der Waals surface area contributed by atoms with Crippen molar-refractivity contribution in [1.82, 2.24) is 0 Å². The molecule has 0 atom stereocenters. The highest BCUT2D eigenvalue weighted by Crippen LogP contribution is 2.33. The lowest BCUT2D eigenvalue weighted by Crippen LogP contribution is -1.90. The molecule has 0 spiro atoms. The largest absolute Gasteiger partial charge is 0.464 e. The molecule has 0 saturated heterocycles. The van der Waals surface area contributed by atoms with Crippen molar-refractivity contribution in [3.63, 3.8) is 0 Å². The summed E-state index contributed by atoms with van der Waals surface area (Å²) in [4.78, 5) is 10.7. The first-order chi connectivity index (χ1) is 11.2. The number of fused-ring (bicyclic) bond motifs is 1. The summed E-state index contributed by atoms with van der Waals surface area (Å²) < 4.78 is 5.61. The van der Waals surface area contributed by atoms with E-state index < -0.39 is 0 Å². The first-order valence-corrected chi connectivity index (χ1v) is 7.94. The van der Waals surface area contributed by atoms with E-state index in [2.05, 4.69) is 19.1 Å². The Hall–Kier alpha value is -2.62. The molecule has 1 heterocycles. The summed E-state index contributed by atoms with van der Waals surface area (Å²) in [5.74, 6) is 0. The van der Waals surface area contributed by atoms with Gasteiger partial charge in [-0.1, -0.05) is 31.9 Å². The molecule has 4 heteroatoms. The van der Waals surface area contributed by atoms with E-state index in [0.29, 0.717) is 0 Å². The molecule has 0 bridgehead atoms. The molecule has 0 amide bonds. The lowest BCUT2D eigenvalue weighted by molar-refractivity contribution is -0.384. The molecule has 0 N–H and O–H groups in total. The Bertz CT molecular complexity index is 836. The van der Waals surface area contributed by atoms with Crippen molar-refractivity contribution in [3.05, 3.63) is 64.4 Å². The van der Waals surface area contributed by atoms with E-state index >= 15 is 0 Å². The van der Waals surface area contributed by atoms with E-state index in [0.717, 1.165) is 34.9 Å². The van der Waals surface area contributed by atoms with Gasteiger partial charge in [-0.3, -0.25) is 10.1 Å². The standard InChI is InChI=1S/C19H19NO3/c1-2-3-4-6-14-11-16-9-10-23-19(16)18(12-14)15-7-5-8-17(13-15)20(21)22/h5,7-13H,2-4,6H2,1H3. The fourth-order valence-corrected chi connectivity index (χ4v) is 2.87. The number of furan rings is 1. The summed E-state index contributed by atoms with van der Waals surface area (Å²) in [6, 6.07) is 12.9.